The molecule has 27 heavy (non-hydrogen) atoms. The number of pyridine rings is 1. The number of esters is 1. The Bertz CT molecular complexity index is 1100. The van der Waals surface area contributed by atoms with E-state index in [9.17, 15) is 14.7 Å². The van der Waals surface area contributed by atoms with Crippen molar-refractivity contribution in [2.24, 2.45) is 0 Å². The lowest BCUT2D eigenvalue weighted by molar-refractivity contribution is 0.0602. The van der Waals surface area contributed by atoms with E-state index < -0.39 is 11.9 Å². The van der Waals surface area contributed by atoms with Crippen molar-refractivity contribution >= 4 is 28.5 Å². The molecule has 0 atom stereocenters. The van der Waals surface area contributed by atoms with Gasteiger partial charge in [0.2, 0.25) is 5.55 Å². The fraction of sp³-hybridized carbons (Fsp3) is 0.158. The summed E-state index contributed by atoms with van der Waals surface area (Å²) in [6, 6.07) is 7.85. The van der Waals surface area contributed by atoms with Crippen LogP contribution in [-0.2, 0) is 11.3 Å². The first-order chi connectivity index (χ1) is 13.0. The van der Waals surface area contributed by atoms with Gasteiger partial charge in [-0.15, -0.1) is 0 Å². The van der Waals surface area contributed by atoms with Crippen LogP contribution in [0.1, 0.15) is 32.0 Å². The zero-order valence-electron chi connectivity index (χ0n) is 14.7. The van der Waals surface area contributed by atoms with Crippen molar-refractivity contribution in [3.63, 3.8) is 0 Å². The molecule has 1 aromatic carbocycles. The van der Waals surface area contributed by atoms with E-state index in [1.165, 1.54) is 25.4 Å². The average molecular weight is 367 g/mol. The van der Waals surface area contributed by atoms with E-state index in [-0.39, 0.29) is 29.0 Å². The van der Waals surface area contributed by atoms with Crippen LogP contribution in [0.25, 0.3) is 11.0 Å². The number of carbonyl (C=O) groups excluding carboxylic acids is 2. The van der Waals surface area contributed by atoms with Crippen molar-refractivity contribution in [2.75, 3.05) is 12.4 Å². The quantitative estimate of drug-likeness (QED) is 0.607. The van der Waals surface area contributed by atoms with Gasteiger partial charge in [0.1, 0.15) is 5.56 Å². The molecule has 8 heteroatoms. The lowest BCUT2D eigenvalue weighted by atomic mass is 10.1. The zero-order valence-corrected chi connectivity index (χ0v) is 14.7. The molecule has 3 N–H and O–H groups in total. The Hall–Kier alpha value is -3.52. The van der Waals surface area contributed by atoms with E-state index in [4.69, 9.17) is 14.6 Å². The Morgan fingerprint density at radius 2 is 2.04 bits per heavy atom. The average Bonchev–Trinajstić information content (AvgIpc) is 2.68. The molecule has 0 aliphatic carbocycles. The lowest BCUT2D eigenvalue weighted by Crippen LogP contribution is -2.22. The number of carbonyl (C=O) groups is 2. The molecule has 2 heterocycles. The third kappa shape index (κ3) is 3.42. The van der Waals surface area contributed by atoms with Gasteiger partial charge in [0.15, 0.2) is 5.58 Å². The molecule has 0 fully saturated rings. The van der Waals surface area contributed by atoms with Crippen LogP contribution in [-0.4, -0.2) is 29.1 Å². The second-order valence-electron chi connectivity index (χ2n) is 5.75. The monoisotopic (exact) mass is 367 g/mol. The molecule has 0 radical (unpaired) electrons. The minimum Gasteiger partial charge on any atom is -0.465 e. The van der Waals surface area contributed by atoms with Gasteiger partial charge in [-0.25, -0.2) is 4.79 Å². The normalized spacial score (nSPS) is 10.6. The van der Waals surface area contributed by atoms with E-state index in [1.807, 2.05) is 0 Å². The molecule has 0 saturated carbocycles. The maximum atomic E-state index is 12.7. The number of benzene rings is 1. The summed E-state index contributed by atoms with van der Waals surface area (Å²) >= 11 is 0. The van der Waals surface area contributed by atoms with Crippen molar-refractivity contribution in [1.82, 2.24) is 4.98 Å². The summed E-state index contributed by atoms with van der Waals surface area (Å²) in [7, 11) is 1.25. The maximum Gasteiger partial charge on any atom is 0.339 e. The SMILES string of the molecule is COC(=O)c1ccccc1NC(=O)c1cc2c(CO)cnc(C)c2oc1=N. The number of aromatic nitrogens is 1. The number of amides is 1. The molecule has 0 unspecified atom stereocenters. The van der Waals surface area contributed by atoms with Crippen LogP contribution >= 0.6 is 0 Å². The van der Waals surface area contributed by atoms with Crippen molar-refractivity contribution in [1.29, 1.82) is 5.41 Å². The van der Waals surface area contributed by atoms with Crippen LogP contribution in [0.4, 0.5) is 5.69 Å². The number of hydrogen-bond acceptors (Lipinski definition) is 7. The molecular formula is C19H17N3O5. The van der Waals surface area contributed by atoms with Gasteiger partial charge in [0, 0.05) is 17.1 Å². The summed E-state index contributed by atoms with van der Waals surface area (Å²) < 4.78 is 10.2. The Labute approximate surface area is 153 Å². The smallest absolute Gasteiger partial charge is 0.339 e. The highest BCUT2D eigenvalue weighted by Crippen LogP contribution is 2.22. The Morgan fingerprint density at radius 3 is 2.74 bits per heavy atom. The first-order valence-corrected chi connectivity index (χ1v) is 8.02. The number of fused-ring (bicyclic) bond motifs is 1. The van der Waals surface area contributed by atoms with Crippen LogP contribution < -0.4 is 10.9 Å². The van der Waals surface area contributed by atoms with Crippen molar-refractivity contribution in [3.05, 3.63) is 64.5 Å². The first-order valence-electron chi connectivity index (χ1n) is 8.02. The van der Waals surface area contributed by atoms with Gasteiger partial charge in [-0.05, 0) is 25.1 Å². The van der Waals surface area contributed by atoms with Crippen LogP contribution in [0.5, 0.6) is 0 Å². The summed E-state index contributed by atoms with van der Waals surface area (Å²) in [5, 5.41) is 20.6. The van der Waals surface area contributed by atoms with Gasteiger partial charge in [0.05, 0.1) is 30.7 Å². The number of ether oxygens (including phenoxy) is 1. The predicted octanol–water partition coefficient (Wildman–Crippen LogP) is 2.15. The molecule has 2 aromatic heterocycles. The van der Waals surface area contributed by atoms with E-state index >= 15 is 0 Å². The zero-order chi connectivity index (χ0) is 19.6. The second-order valence-corrected chi connectivity index (χ2v) is 5.75. The molecule has 3 rings (SSSR count). The molecule has 0 aliphatic rings. The number of nitrogens with zero attached hydrogens (tertiary/aromatic N) is 1. The molecule has 0 aliphatic heterocycles. The van der Waals surface area contributed by atoms with Crippen LogP contribution in [0.2, 0.25) is 0 Å². The molecule has 0 bridgehead atoms. The fourth-order valence-electron chi connectivity index (χ4n) is 2.66. The highest BCUT2D eigenvalue weighted by Gasteiger charge is 2.18. The second kappa shape index (κ2) is 7.38. The number of para-hydroxylation sites is 1. The number of hydrogen-bond donors (Lipinski definition) is 3. The van der Waals surface area contributed by atoms with E-state index in [0.29, 0.717) is 22.2 Å². The fourth-order valence-corrected chi connectivity index (χ4v) is 2.66. The Morgan fingerprint density at radius 1 is 1.30 bits per heavy atom. The van der Waals surface area contributed by atoms with Crippen LogP contribution in [0.15, 0.2) is 40.9 Å². The number of anilines is 1. The van der Waals surface area contributed by atoms with Gasteiger partial charge >= 0.3 is 5.97 Å². The first kappa shape index (κ1) is 18.3. The minimum atomic E-state index is -0.625. The van der Waals surface area contributed by atoms with Crippen LogP contribution in [0, 0.1) is 12.3 Å². The highest BCUT2D eigenvalue weighted by molar-refractivity contribution is 6.08. The number of methoxy groups -OCH3 is 1. The number of aliphatic hydroxyl groups excluding tert-OH is 1. The molecule has 138 valence electrons. The number of nitrogens with one attached hydrogen (secondary N) is 2. The minimum absolute atomic E-state index is 0.0394. The van der Waals surface area contributed by atoms with Gasteiger partial charge < -0.3 is 19.6 Å². The lowest BCUT2D eigenvalue weighted by Gasteiger charge is -2.11. The molecule has 1 amide bonds. The number of aryl methyl sites for hydroxylation is 1. The third-order valence-corrected chi connectivity index (χ3v) is 4.07. The summed E-state index contributed by atoms with van der Waals surface area (Å²) in [6.45, 7) is 1.42. The maximum absolute atomic E-state index is 12.7. The standard InChI is InChI=1S/C19H17N3O5/c1-10-16-13(11(9-23)8-21-10)7-14(17(20)27-16)18(24)22-15-6-4-3-5-12(15)19(25)26-2/h3-8,20,23H,9H2,1-2H3,(H,22,24). The van der Waals surface area contributed by atoms with Gasteiger partial charge in [0.25, 0.3) is 5.91 Å². The number of rotatable bonds is 4. The highest BCUT2D eigenvalue weighted by atomic mass is 16.5. The van der Waals surface area contributed by atoms with Crippen molar-refractivity contribution < 1.29 is 23.8 Å². The third-order valence-electron chi connectivity index (χ3n) is 4.07. The summed E-state index contributed by atoms with van der Waals surface area (Å²) in [5.74, 6) is -1.22. The molecule has 0 saturated heterocycles. The topological polar surface area (TPSA) is 126 Å². The van der Waals surface area contributed by atoms with Gasteiger partial charge in [-0.1, -0.05) is 12.1 Å². The predicted molar refractivity (Wildman–Crippen MR) is 96.3 cm³/mol. The Balaban J connectivity index is 2.06. The summed E-state index contributed by atoms with van der Waals surface area (Å²) in [6.07, 6.45) is 1.49. The summed E-state index contributed by atoms with van der Waals surface area (Å²) in [5.41, 5.74) is 1.40. The van der Waals surface area contributed by atoms with Crippen molar-refractivity contribution in [2.45, 2.75) is 13.5 Å². The Kier molecular flexibility index (Phi) is 5.00. The molecule has 8 nitrogen and oxygen atoms in total. The number of aliphatic hydroxyl groups is 1. The van der Waals surface area contributed by atoms with E-state index in [1.54, 1.807) is 25.1 Å². The van der Waals surface area contributed by atoms with Gasteiger partial charge in [-0.2, -0.15) is 0 Å². The summed E-state index contributed by atoms with van der Waals surface area (Å²) in [4.78, 5) is 28.7. The molecule has 3 aromatic rings. The van der Waals surface area contributed by atoms with E-state index in [2.05, 4.69) is 10.3 Å². The molecule has 0 spiro atoms. The van der Waals surface area contributed by atoms with Gasteiger partial charge in [-0.3, -0.25) is 15.2 Å². The van der Waals surface area contributed by atoms with Crippen LogP contribution in [0.3, 0.4) is 0 Å². The van der Waals surface area contributed by atoms with E-state index in [0.717, 1.165) is 0 Å². The largest absolute Gasteiger partial charge is 0.465 e. The van der Waals surface area contributed by atoms with Crippen molar-refractivity contribution in [3.8, 4) is 0 Å². The molecular weight excluding hydrogens is 350 g/mol.